The van der Waals surface area contributed by atoms with Gasteiger partial charge in [0, 0.05) is 28.4 Å². The molecule has 0 aliphatic rings. The molecule has 0 rings (SSSR count). The van der Waals surface area contributed by atoms with Crippen molar-refractivity contribution in [3.63, 3.8) is 0 Å². The highest BCUT2D eigenvalue weighted by molar-refractivity contribution is 6.21. The normalized spacial score (nSPS) is 12.0. The lowest BCUT2D eigenvalue weighted by Crippen LogP contribution is -2.37. The smallest absolute Gasteiger partial charge is 0.177 e. The minimum atomic E-state index is -0.531. The number of ether oxygens (including phenoxy) is 4. The standard InChI is InChI=1S/C7H15ClO4/c1-9-6(10-2)5(8)7(11-3)12-4/h5-7H,1-4H3. The molecule has 0 aromatic heterocycles. The maximum Gasteiger partial charge on any atom is 0.177 e. The maximum atomic E-state index is 5.91. The Balaban J connectivity index is 4.02. The minimum Gasteiger partial charge on any atom is -0.354 e. The molecule has 74 valence electrons. The zero-order valence-corrected chi connectivity index (χ0v) is 8.50. The Morgan fingerprint density at radius 3 is 1.17 bits per heavy atom. The second kappa shape index (κ2) is 6.62. The summed E-state index contributed by atoms with van der Waals surface area (Å²) in [6.07, 6.45) is -1.06. The summed E-state index contributed by atoms with van der Waals surface area (Å²) in [5.74, 6) is 0. The fourth-order valence-corrected chi connectivity index (χ4v) is 1.25. The first-order valence-electron chi connectivity index (χ1n) is 3.46. The third kappa shape index (κ3) is 3.25. The molecule has 0 amide bonds. The van der Waals surface area contributed by atoms with Crippen molar-refractivity contribution in [2.45, 2.75) is 18.0 Å². The predicted molar refractivity (Wildman–Crippen MR) is 45.3 cm³/mol. The number of alkyl halides is 1. The zero-order chi connectivity index (χ0) is 9.56. The van der Waals surface area contributed by atoms with Crippen LogP contribution in [0.5, 0.6) is 0 Å². The van der Waals surface area contributed by atoms with E-state index in [0.717, 1.165) is 0 Å². The Bertz CT molecular complexity index is 91.6. The van der Waals surface area contributed by atoms with Gasteiger partial charge in [-0.05, 0) is 0 Å². The summed E-state index contributed by atoms with van der Waals surface area (Å²) in [6, 6.07) is 0. The zero-order valence-electron chi connectivity index (χ0n) is 7.74. The van der Waals surface area contributed by atoms with Crippen molar-refractivity contribution in [1.82, 2.24) is 0 Å². The van der Waals surface area contributed by atoms with Gasteiger partial charge in [0.25, 0.3) is 0 Å². The van der Waals surface area contributed by atoms with Gasteiger partial charge in [0.2, 0.25) is 0 Å². The predicted octanol–water partition coefficient (Wildman–Crippen LogP) is 0.832. The van der Waals surface area contributed by atoms with Gasteiger partial charge in [-0.3, -0.25) is 0 Å². The third-order valence-corrected chi connectivity index (χ3v) is 1.86. The second-order valence-corrected chi connectivity index (χ2v) is 2.63. The second-order valence-electron chi connectivity index (χ2n) is 2.12. The van der Waals surface area contributed by atoms with Gasteiger partial charge in [-0.25, -0.2) is 0 Å². The van der Waals surface area contributed by atoms with E-state index < -0.39 is 18.0 Å². The van der Waals surface area contributed by atoms with E-state index in [1.807, 2.05) is 0 Å². The van der Waals surface area contributed by atoms with Crippen LogP contribution in [-0.2, 0) is 18.9 Å². The van der Waals surface area contributed by atoms with Crippen molar-refractivity contribution >= 4 is 11.6 Å². The number of rotatable bonds is 6. The van der Waals surface area contributed by atoms with Crippen molar-refractivity contribution in [3.05, 3.63) is 0 Å². The molecule has 0 aromatic carbocycles. The van der Waals surface area contributed by atoms with E-state index in [9.17, 15) is 0 Å². The summed E-state index contributed by atoms with van der Waals surface area (Å²) in [6.45, 7) is 0. The molecule has 0 radical (unpaired) electrons. The number of methoxy groups -OCH3 is 4. The third-order valence-electron chi connectivity index (χ3n) is 1.45. The summed E-state index contributed by atoms with van der Waals surface area (Å²) in [5, 5.41) is -0.491. The Morgan fingerprint density at radius 1 is 0.750 bits per heavy atom. The molecule has 5 heteroatoms. The van der Waals surface area contributed by atoms with Crippen molar-refractivity contribution in [1.29, 1.82) is 0 Å². The molecule has 0 N–H and O–H groups in total. The van der Waals surface area contributed by atoms with Gasteiger partial charge >= 0.3 is 0 Å². The molecule has 0 unspecified atom stereocenters. The van der Waals surface area contributed by atoms with Crippen molar-refractivity contribution in [2.75, 3.05) is 28.4 Å². The largest absolute Gasteiger partial charge is 0.354 e. The lowest BCUT2D eigenvalue weighted by atomic mass is 10.4. The quantitative estimate of drug-likeness (QED) is 0.468. The van der Waals surface area contributed by atoms with Gasteiger partial charge in [0.05, 0.1) is 0 Å². The minimum absolute atomic E-state index is 0.491. The fourth-order valence-electron chi connectivity index (χ4n) is 0.841. The van der Waals surface area contributed by atoms with E-state index in [4.69, 9.17) is 30.5 Å². The molecule has 0 aromatic rings. The average molecular weight is 199 g/mol. The van der Waals surface area contributed by atoms with Crippen LogP contribution in [0.15, 0.2) is 0 Å². The molecule has 0 heterocycles. The summed E-state index contributed by atoms with van der Waals surface area (Å²) in [7, 11) is 6.02. The molecular weight excluding hydrogens is 184 g/mol. The van der Waals surface area contributed by atoms with Gasteiger partial charge in [0.15, 0.2) is 12.6 Å². The van der Waals surface area contributed by atoms with Gasteiger partial charge in [-0.2, -0.15) is 0 Å². The van der Waals surface area contributed by atoms with E-state index in [1.165, 1.54) is 28.4 Å². The van der Waals surface area contributed by atoms with Gasteiger partial charge in [-0.1, -0.05) is 0 Å². The van der Waals surface area contributed by atoms with Crippen LogP contribution in [0.4, 0.5) is 0 Å². The maximum absolute atomic E-state index is 5.91. The Kier molecular flexibility index (Phi) is 6.70. The van der Waals surface area contributed by atoms with Crippen LogP contribution in [0.2, 0.25) is 0 Å². The van der Waals surface area contributed by atoms with E-state index >= 15 is 0 Å². The Hall–Kier alpha value is 0.130. The van der Waals surface area contributed by atoms with E-state index in [2.05, 4.69) is 0 Å². The SMILES string of the molecule is COC(OC)C(Cl)C(OC)OC. The van der Waals surface area contributed by atoms with Gasteiger partial charge in [0.1, 0.15) is 5.38 Å². The van der Waals surface area contributed by atoms with Crippen LogP contribution in [0.25, 0.3) is 0 Å². The van der Waals surface area contributed by atoms with Crippen LogP contribution in [0, 0.1) is 0 Å². The van der Waals surface area contributed by atoms with Crippen molar-refractivity contribution in [3.8, 4) is 0 Å². The van der Waals surface area contributed by atoms with Crippen LogP contribution in [-0.4, -0.2) is 46.4 Å². The van der Waals surface area contributed by atoms with Crippen LogP contribution < -0.4 is 0 Å². The summed E-state index contributed by atoms with van der Waals surface area (Å²) in [4.78, 5) is 0. The average Bonchev–Trinajstić information content (AvgIpc) is 2.09. The van der Waals surface area contributed by atoms with E-state index in [0.29, 0.717) is 0 Å². The fraction of sp³-hybridized carbons (Fsp3) is 1.00. The van der Waals surface area contributed by atoms with Crippen molar-refractivity contribution < 1.29 is 18.9 Å². The molecule has 0 aliphatic heterocycles. The highest BCUT2D eigenvalue weighted by atomic mass is 35.5. The molecule has 0 atom stereocenters. The molecular formula is C7H15ClO4. The molecule has 0 bridgehead atoms. The molecule has 0 fully saturated rings. The first kappa shape index (κ1) is 12.1. The topological polar surface area (TPSA) is 36.9 Å². The molecule has 0 spiro atoms. The van der Waals surface area contributed by atoms with Gasteiger partial charge < -0.3 is 18.9 Å². The van der Waals surface area contributed by atoms with Crippen molar-refractivity contribution in [2.24, 2.45) is 0 Å². The highest BCUT2D eigenvalue weighted by Crippen LogP contribution is 2.14. The summed E-state index contributed by atoms with van der Waals surface area (Å²) in [5.41, 5.74) is 0. The van der Waals surface area contributed by atoms with Gasteiger partial charge in [-0.15, -0.1) is 11.6 Å². The van der Waals surface area contributed by atoms with Crippen LogP contribution in [0.1, 0.15) is 0 Å². The molecule has 0 saturated heterocycles. The lowest BCUT2D eigenvalue weighted by molar-refractivity contribution is -0.174. The lowest BCUT2D eigenvalue weighted by Gasteiger charge is -2.24. The monoisotopic (exact) mass is 198 g/mol. The van der Waals surface area contributed by atoms with E-state index in [-0.39, 0.29) is 0 Å². The van der Waals surface area contributed by atoms with E-state index in [1.54, 1.807) is 0 Å². The number of hydrogen-bond acceptors (Lipinski definition) is 4. The number of hydrogen-bond donors (Lipinski definition) is 0. The first-order valence-corrected chi connectivity index (χ1v) is 3.90. The molecule has 4 nitrogen and oxygen atoms in total. The Morgan fingerprint density at radius 2 is 1.00 bits per heavy atom. The molecule has 12 heavy (non-hydrogen) atoms. The van der Waals surface area contributed by atoms with Crippen LogP contribution >= 0.6 is 11.6 Å². The molecule has 0 aliphatic carbocycles. The summed E-state index contributed by atoms with van der Waals surface area (Å²) >= 11 is 5.91. The van der Waals surface area contributed by atoms with Crippen LogP contribution in [0.3, 0.4) is 0 Å². The first-order chi connectivity index (χ1) is 5.71. The highest BCUT2D eigenvalue weighted by Gasteiger charge is 2.27. The molecule has 0 saturated carbocycles. The Labute approximate surface area is 77.7 Å². The number of halogens is 1. The summed E-state index contributed by atoms with van der Waals surface area (Å²) < 4.78 is 19.7.